The van der Waals surface area contributed by atoms with Crippen molar-refractivity contribution in [3.8, 4) is 11.4 Å². The van der Waals surface area contributed by atoms with Crippen molar-refractivity contribution in [2.24, 2.45) is 10.9 Å². The Balaban J connectivity index is 2.36. The maximum absolute atomic E-state index is 13.0. The van der Waals surface area contributed by atoms with Gasteiger partial charge in [-0.15, -0.1) is 0 Å². The van der Waals surface area contributed by atoms with E-state index in [-0.39, 0.29) is 0 Å². The quantitative estimate of drug-likeness (QED) is 0.486. The van der Waals surface area contributed by atoms with Crippen LogP contribution in [0.25, 0.3) is 11.4 Å². The van der Waals surface area contributed by atoms with Gasteiger partial charge in [-0.05, 0) is 12.5 Å². The van der Waals surface area contributed by atoms with Crippen LogP contribution in [0.3, 0.4) is 0 Å². The average molecular weight is 230 g/mol. The molecule has 2 rings (SSSR count). The number of rotatable bonds is 2. The van der Waals surface area contributed by atoms with E-state index in [1.165, 1.54) is 6.20 Å². The predicted molar refractivity (Wildman–Crippen MR) is 63.9 cm³/mol. The summed E-state index contributed by atoms with van der Waals surface area (Å²) in [5.41, 5.74) is 2.04. The van der Waals surface area contributed by atoms with Crippen molar-refractivity contribution in [3.63, 3.8) is 0 Å². The zero-order valence-corrected chi connectivity index (χ0v) is 9.26. The largest absolute Gasteiger partial charge is 0.323 e. The van der Waals surface area contributed by atoms with Gasteiger partial charge < -0.3 is 5.84 Å². The van der Waals surface area contributed by atoms with Gasteiger partial charge in [0.25, 0.3) is 0 Å². The molecule has 0 saturated heterocycles. The molecule has 4 nitrogen and oxygen atoms in total. The van der Waals surface area contributed by atoms with Gasteiger partial charge in [-0.2, -0.15) is 5.10 Å². The second kappa shape index (κ2) is 4.69. The Hall–Kier alpha value is -2.30. The van der Waals surface area contributed by atoms with Crippen LogP contribution >= 0.6 is 0 Å². The second-order valence-corrected chi connectivity index (χ2v) is 3.53. The molecule has 1 aromatic heterocycles. The lowest BCUT2D eigenvalue weighted by molar-refractivity contribution is 0.602. The molecule has 1 aromatic carbocycles. The number of benzene rings is 1. The molecule has 0 aliphatic rings. The van der Waals surface area contributed by atoms with Gasteiger partial charge in [-0.1, -0.05) is 24.3 Å². The summed E-state index contributed by atoms with van der Waals surface area (Å²) in [5, 5.41) is 3.43. The summed E-state index contributed by atoms with van der Waals surface area (Å²) in [6, 6.07) is 7.36. The van der Waals surface area contributed by atoms with E-state index >= 15 is 0 Å². The number of hydrogen-bond donors (Lipinski definition) is 1. The summed E-state index contributed by atoms with van der Waals surface area (Å²) in [6.45, 7) is 1.61. The van der Waals surface area contributed by atoms with Gasteiger partial charge in [0.1, 0.15) is 0 Å². The molecule has 2 aromatic rings. The maximum Gasteiger partial charge on any atom is 0.162 e. The Kier molecular flexibility index (Phi) is 3.09. The number of hydrazone groups is 1. The standard InChI is InChI=1S/C12H11FN4/c1-8-11(13)7-15-12(17-8)10-4-2-9(3-5-10)6-16-14/h2-7H,14H2,1H3. The molecule has 0 amide bonds. The van der Waals surface area contributed by atoms with E-state index < -0.39 is 5.82 Å². The molecule has 0 atom stereocenters. The third-order valence-electron chi connectivity index (χ3n) is 2.31. The number of halogens is 1. The lowest BCUT2D eigenvalue weighted by Gasteiger charge is -2.02. The lowest BCUT2D eigenvalue weighted by atomic mass is 10.1. The number of aromatic nitrogens is 2. The number of nitrogens with zero attached hydrogens (tertiary/aromatic N) is 3. The van der Waals surface area contributed by atoms with Crippen LogP contribution in [0, 0.1) is 12.7 Å². The van der Waals surface area contributed by atoms with Crippen molar-refractivity contribution >= 4 is 6.21 Å². The number of nitrogens with two attached hydrogens (primary N) is 1. The highest BCUT2D eigenvalue weighted by Crippen LogP contribution is 2.16. The van der Waals surface area contributed by atoms with Crippen molar-refractivity contribution in [1.82, 2.24) is 9.97 Å². The Morgan fingerprint density at radius 3 is 2.59 bits per heavy atom. The molecule has 0 saturated carbocycles. The van der Waals surface area contributed by atoms with Crippen LogP contribution < -0.4 is 5.84 Å². The van der Waals surface area contributed by atoms with Crippen LogP contribution in [-0.2, 0) is 0 Å². The lowest BCUT2D eigenvalue weighted by Crippen LogP contribution is -1.95. The highest BCUT2D eigenvalue weighted by Gasteiger charge is 2.04. The Morgan fingerprint density at radius 1 is 1.29 bits per heavy atom. The molecular weight excluding hydrogens is 219 g/mol. The molecule has 0 radical (unpaired) electrons. The van der Waals surface area contributed by atoms with Gasteiger partial charge in [-0.25, -0.2) is 14.4 Å². The minimum Gasteiger partial charge on any atom is -0.323 e. The monoisotopic (exact) mass is 230 g/mol. The molecule has 1 heterocycles. The van der Waals surface area contributed by atoms with E-state index in [0.717, 1.165) is 11.1 Å². The first-order valence-electron chi connectivity index (χ1n) is 5.03. The summed E-state index contributed by atoms with van der Waals surface area (Å²) >= 11 is 0. The predicted octanol–water partition coefficient (Wildman–Crippen LogP) is 1.88. The van der Waals surface area contributed by atoms with E-state index in [9.17, 15) is 4.39 Å². The summed E-state index contributed by atoms with van der Waals surface area (Å²) in [6.07, 6.45) is 2.72. The fraction of sp³-hybridized carbons (Fsp3) is 0.0833. The fourth-order valence-electron chi connectivity index (χ4n) is 1.40. The maximum atomic E-state index is 13.0. The van der Waals surface area contributed by atoms with E-state index in [4.69, 9.17) is 5.84 Å². The van der Waals surface area contributed by atoms with E-state index in [2.05, 4.69) is 15.1 Å². The minimum atomic E-state index is -0.402. The van der Waals surface area contributed by atoms with Crippen molar-refractivity contribution in [1.29, 1.82) is 0 Å². The van der Waals surface area contributed by atoms with Gasteiger partial charge in [-0.3, -0.25) is 0 Å². The zero-order chi connectivity index (χ0) is 12.3. The molecule has 86 valence electrons. The molecule has 0 unspecified atom stereocenters. The smallest absolute Gasteiger partial charge is 0.162 e. The average Bonchev–Trinajstić information content (AvgIpc) is 2.34. The van der Waals surface area contributed by atoms with Gasteiger partial charge in [0.2, 0.25) is 0 Å². The highest BCUT2D eigenvalue weighted by atomic mass is 19.1. The third kappa shape index (κ3) is 2.44. The molecule has 0 aliphatic heterocycles. The van der Waals surface area contributed by atoms with Crippen LogP contribution in [-0.4, -0.2) is 16.2 Å². The number of hydrogen-bond acceptors (Lipinski definition) is 4. The van der Waals surface area contributed by atoms with Crippen molar-refractivity contribution in [2.75, 3.05) is 0 Å². The molecule has 0 fully saturated rings. The van der Waals surface area contributed by atoms with Gasteiger partial charge in [0.15, 0.2) is 11.6 Å². The number of aryl methyl sites for hydroxylation is 1. The second-order valence-electron chi connectivity index (χ2n) is 3.53. The van der Waals surface area contributed by atoms with Gasteiger partial charge in [0.05, 0.1) is 18.1 Å². The first-order valence-corrected chi connectivity index (χ1v) is 5.03. The van der Waals surface area contributed by atoms with Crippen molar-refractivity contribution in [3.05, 3.63) is 47.5 Å². The zero-order valence-electron chi connectivity index (χ0n) is 9.26. The summed E-state index contributed by atoms with van der Waals surface area (Å²) in [7, 11) is 0. The highest BCUT2D eigenvalue weighted by molar-refractivity contribution is 5.80. The van der Waals surface area contributed by atoms with Crippen LogP contribution in [0.5, 0.6) is 0 Å². The molecule has 17 heavy (non-hydrogen) atoms. The Morgan fingerprint density at radius 2 is 2.00 bits per heavy atom. The van der Waals surface area contributed by atoms with Crippen molar-refractivity contribution in [2.45, 2.75) is 6.92 Å². The fourth-order valence-corrected chi connectivity index (χ4v) is 1.40. The van der Waals surface area contributed by atoms with Crippen LogP contribution in [0.2, 0.25) is 0 Å². The van der Waals surface area contributed by atoms with Crippen molar-refractivity contribution < 1.29 is 4.39 Å². The van der Waals surface area contributed by atoms with E-state index in [1.54, 1.807) is 13.1 Å². The molecular formula is C12H11FN4. The molecule has 0 spiro atoms. The van der Waals surface area contributed by atoms with Gasteiger partial charge in [0, 0.05) is 5.56 Å². The van der Waals surface area contributed by atoms with Crippen LogP contribution in [0.4, 0.5) is 4.39 Å². The normalized spacial score (nSPS) is 10.9. The molecule has 0 aliphatic carbocycles. The molecule has 0 bridgehead atoms. The summed E-state index contributed by atoms with van der Waals surface area (Å²) < 4.78 is 13.0. The Labute approximate surface area is 98.0 Å². The van der Waals surface area contributed by atoms with E-state index in [0.29, 0.717) is 11.5 Å². The first kappa shape index (κ1) is 11.2. The minimum absolute atomic E-state index is 0.336. The molecule has 2 N–H and O–H groups in total. The first-order chi connectivity index (χ1) is 8.20. The summed E-state index contributed by atoms with van der Waals surface area (Å²) in [5.74, 6) is 5.15. The molecule has 5 heteroatoms. The SMILES string of the molecule is Cc1nc(-c2ccc(C=NN)cc2)ncc1F. The van der Waals surface area contributed by atoms with E-state index in [1.807, 2.05) is 24.3 Å². The van der Waals surface area contributed by atoms with Gasteiger partial charge >= 0.3 is 0 Å². The Bertz CT molecular complexity index is 549. The summed E-state index contributed by atoms with van der Waals surface area (Å²) in [4.78, 5) is 8.01. The topological polar surface area (TPSA) is 64.2 Å². The van der Waals surface area contributed by atoms with Crippen LogP contribution in [0.1, 0.15) is 11.3 Å². The van der Waals surface area contributed by atoms with Crippen LogP contribution in [0.15, 0.2) is 35.6 Å². The third-order valence-corrected chi connectivity index (χ3v) is 2.31.